The Morgan fingerprint density at radius 3 is 2.28 bits per heavy atom. The predicted octanol–water partition coefficient (Wildman–Crippen LogP) is 3.03. The number of anilines is 1. The SMILES string of the molecule is Cc1cc(Br)c(NS(=O)(=O)CCCCO)c(Br)c1. The highest BCUT2D eigenvalue weighted by Crippen LogP contribution is 2.33. The lowest BCUT2D eigenvalue weighted by Gasteiger charge is -2.12. The third-order valence-electron chi connectivity index (χ3n) is 2.27. The number of halogens is 2. The van der Waals surface area contributed by atoms with Crippen LogP contribution < -0.4 is 4.72 Å². The third-order valence-corrected chi connectivity index (χ3v) is 4.86. The van der Waals surface area contributed by atoms with Crippen molar-refractivity contribution in [2.24, 2.45) is 0 Å². The number of hydrogen-bond acceptors (Lipinski definition) is 3. The number of rotatable bonds is 6. The molecule has 0 unspecified atom stereocenters. The standard InChI is InChI=1S/C11H15Br2NO3S/c1-8-6-9(12)11(10(13)7-8)14-18(16,17)5-3-2-4-15/h6-7,14-15H,2-5H2,1H3. The Kier molecular flexibility index (Phi) is 6.10. The van der Waals surface area contributed by atoms with Crippen molar-refractivity contribution in [1.29, 1.82) is 0 Å². The van der Waals surface area contributed by atoms with Crippen LogP contribution in [0.4, 0.5) is 5.69 Å². The molecule has 0 aliphatic rings. The van der Waals surface area contributed by atoms with Crippen LogP contribution in [0, 0.1) is 6.92 Å². The lowest BCUT2D eigenvalue weighted by atomic mass is 10.2. The van der Waals surface area contributed by atoms with E-state index in [-0.39, 0.29) is 12.4 Å². The Bertz CT molecular complexity index is 494. The maximum absolute atomic E-state index is 11.8. The van der Waals surface area contributed by atoms with E-state index in [1.54, 1.807) is 0 Å². The van der Waals surface area contributed by atoms with Crippen LogP contribution in [-0.2, 0) is 10.0 Å². The van der Waals surface area contributed by atoms with E-state index in [0.717, 1.165) is 5.56 Å². The van der Waals surface area contributed by atoms with Gasteiger partial charge in [-0.1, -0.05) is 0 Å². The van der Waals surface area contributed by atoms with Crippen molar-refractivity contribution in [3.8, 4) is 0 Å². The number of sulfonamides is 1. The molecule has 4 nitrogen and oxygen atoms in total. The minimum absolute atomic E-state index is 0.000314. The number of benzene rings is 1. The van der Waals surface area contributed by atoms with E-state index >= 15 is 0 Å². The average molecular weight is 401 g/mol. The van der Waals surface area contributed by atoms with Crippen molar-refractivity contribution in [3.05, 3.63) is 26.6 Å². The summed E-state index contributed by atoms with van der Waals surface area (Å²) < 4.78 is 27.6. The molecule has 1 aromatic rings. The molecule has 0 bridgehead atoms. The van der Waals surface area contributed by atoms with Gasteiger partial charge in [-0.05, 0) is 69.3 Å². The Hall–Kier alpha value is -0.110. The molecular formula is C11H15Br2NO3S. The van der Waals surface area contributed by atoms with Crippen LogP contribution in [0.1, 0.15) is 18.4 Å². The zero-order valence-corrected chi connectivity index (χ0v) is 13.9. The number of aryl methyl sites for hydroxylation is 1. The molecule has 0 fully saturated rings. The number of nitrogens with one attached hydrogen (secondary N) is 1. The van der Waals surface area contributed by atoms with E-state index < -0.39 is 10.0 Å². The summed E-state index contributed by atoms with van der Waals surface area (Å²) >= 11 is 6.67. The van der Waals surface area contributed by atoms with Gasteiger partial charge in [-0.25, -0.2) is 8.42 Å². The highest BCUT2D eigenvalue weighted by molar-refractivity contribution is 9.11. The van der Waals surface area contributed by atoms with Crippen LogP contribution in [-0.4, -0.2) is 25.9 Å². The van der Waals surface area contributed by atoms with Crippen LogP contribution in [0.15, 0.2) is 21.1 Å². The summed E-state index contributed by atoms with van der Waals surface area (Å²) in [6.45, 7) is 1.93. The summed E-state index contributed by atoms with van der Waals surface area (Å²) in [6, 6.07) is 3.69. The molecule has 0 heterocycles. The summed E-state index contributed by atoms with van der Waals surface area (Å²) in [4.78, 5) is 0. The summed E-state index contributed by atoms with van der Waals surface area (Å²) in [7, 11) is -3.39. The van der Waals surface area contributed by atoms with Gasteiger partial charge >= 0.3 is 0 Å². The molecule has 0 aliphatic heterocycles. The molecule has 7 heteroatoms. The zero-order valence-electron chi connectivity index (χ0n) is 9.91. The van der Waals surface area contributed by atoms with Gasteiger partial charge in [0.2, 0.25) is 10.0 Å². The minimum Gasteiger partial charge on any atom is -0.396 e. The quantitative estimate of drug-likeness (QED) is 0.721. The van der Waals surface area contributed by atoms with E-state index in [9.17, 15) is 8.42 Å². The number of hydrogen-bond donors (Lipinski definition) is 2. The van der Waals surface area contributed by atoms with E-state index in [0.29, 0.717) is 27.5 Å². The Morgan fingerprint density at radius 1 is 1.22 bits per heavy atom. The van der Waals surface area contributed by atoms with Crippen molar-refractivity contribution < 1.29 is 13.5 Å². The molecule has 18 heavy (non-hydrogen) atoms. The van der Waals surface area contributed by atoms with Crippen molar-refractivity contribution >= 4 is 47.6 Å². The van der Waals surface area contributed by atoms with Gasteiger partial charge in [0.25, 0.3) is 0 Å². The number of unbranched alkanes of at least 4 members (excludes halogenated alkanes) is 1. The topological polar surface area (TPSA) is 66.4 Å². The average Bonchev–Trinajstić information content (AvgIpc) is 2.23. The molecule has 0 aliphatic carbocycles. The maximum Gasteiger partial charge on any atom is 0.232 e. The fraction of sp³-hybridized carbons (Fsp3) is 0.455. The molecule has 0 radical (unpaired) electrons. The van der Waals surface area contributed by atoms with Gasteiger partial charge in [0, 0.05) is 15.6 Å². The van der Waals surface area contributed by atoms with Crippen LogP contribution in [0.25, 0.3) is 0 Å². The smallest absolute Gasteiger partial charge is 0.232 e. The Labute approximate surface area is 124 Å². The van der Waals surface area contributed by atoms with Gasteiger partial charge < -0.3 is 5.11 Å². The molecule has 0 saturated heterocycles. The maximum atomic E-state index is 11.8. The van der Waals surface area contributed by atoms with E-state index in [2.05, 4.69) is 36.6 Å². The minimum atomic E-state index is -3.39. The summed E-state index contributed by atoms with van der Waals surface area (Å²) in [5.41, 5.74) is 1.53. The summed E-state index contributed by atoms with van der Waals surface area (Å²) in [6.07, 6.45) is 0.921. The number of aliphatic hydroxyl groups excluding tert-OH is 1. The van der Waals surface area contributed by atoms with Crippen molar-refractivity contribution in [2.45, 2.75) is 19.8 Å². The van der Waals surface area contributed by atoms with Gasteiger partial charge in [-0.2, -0.15) is 0 Å². The third kappa shape index (κ3) is 4.87. The van der Waals surface area contributed by atoms with Gasteiger partial charge in [0.1, 0.15) is 0 Å². The molecule has 1 rings (SSSR count). The molecule has 1 aromatic carbocycles. The molecule has 0 saturated carbocycles. The van der Waals surface area contributed by atoms with Gasteiger partial charge in [0.05, 0.1) is 11.4 Å². The first-order valence-electron chi connectivity index (χ1n) is 5.43. The normalized spacial score (nSPS) is 11.6. The molecular weight excluding hydrogens is 386 g/mol. The Balaban J connectivity index is 2.84. The van der Waals surface area contributed by atoms with Crippen molar-refractivity contribution in [1.82, 2.24) is 0 Å². The molecule has 2 N–H and O–H groups in total. The van der Waals surface area contributed by atoms with Gasteiger partial charge in [-0.3, -0.25) is 4.72 Å². The van der Waals surface area contributed by atoms with E-state index in [1.807, 2.05) is 19.1 Å². The Morgan fingerprint density at radius 2 is 1.78 bits per heavy atom. The zero-order chi connectivity index (χ0) is 13.8. The van der Waals surface area contributed by atoms with Gasteiger partial charge in [-0.15, -0.1) is 0 Å². The highest BCUT2D eigenvalue weighted by atomic mass is 79.9. The number of aliphatic hydroxyl groups is 1. The second kappa shape index (κ2) is 6.88. The van der Waals surface area contributed by atoms with Gasteiger partial charge in [0.15, 0.2) is 0 Å². The highest BCUT2D eigenvalue weighted by Gasteiger charge is 2.14. The fourth-order valence-corrected chi connectivity index (χ4v) is 4.50. The largest absolute Gasteiger partial charge is 0.396 e. The molecule has 102 valence electrons. The van der Waals surface area contributed by atoms with Crippen LogP contribution in [0.5, 0.6) is 0 Å². The molecule has 0 atom stereocenters. The first-order chi connectivity index (χ1) is 8.35. The van der Waals surface area contributed by atoms with E-state index in [1.165, 1.54) is 0 Å². The lowest BCUT2D eigenvalue weighted by molar-refractivity contribution is 0.287. The molecule has 0 spiro atoms. The van der Waals surface area contributed by atoms with Crippen molar-refractivity contribution in [3.63, 3.8) is 0 Å². The van der Waals surface area contributed by atoms with Crippen LogP contribution in [0.3, 0.4) is 0 Å². The fourth-order valence-electron chi connectivity index (χ4n) is 1.41. The first-order valence-corrected chi connectivity index (χ1v) is 8.66. The lowest BCUT2D eigenvalue weighted by Crippen LogP contribution is -2.17. The summed E-state index contributed by atoms with van der Waals surface area (Å²) in [5.74, 6) is 0.000314. The van der Waals surface area contributed by atoms with Crippen LogP contribution in [0.2, 0.25) is 0 Å². The monoisotopic (exact) mass is 399 g/mol. The van der Waals surface area contributed by atoms with Crippen LogP contribution >= 0.6 is 31.9 Å². The second-order valence-electron chi connectivity index (χ2n) is 3.96. The molecule has 0 amide bonds. The van der Waals surface area contributed by atoms with Crippen molar-refractivity contribution in [2.75, 3.05) is 17.1 Å². The second-order valence-corrected chi connectivity index (χ2v) is 7.51. The molecule has 0 aromatic heterocycles. The first kappa shape index (κ1) is 15.9. The van der Waals surface area contributed by atoms with E-state index in [4.69, 9.17) is 5.11 Å². The predicted molar refractivity (Wildman–Crippen MR) is 80.3 cm³/mol. The summed E-state index contributed by atoms with van der Waals surface area (Å²) in [5, 5.41) is 8.64.